The molecule has 1 saturated carbocycles. The number of H-pyrrole nitrogens is 1. The van der Waals surface area contributed by atoms with E-state index in [-0.39, 0.29) is 17.0 Å². The lowest BCUT2D eigenvalue weighted by atomic mass is 10.2. The maximum atomic E-state index is 12.4. The van der Waals surface area contributed by atoms with Crippen molar-refractivity contribution in [1.82, 2.24) is 25.0 Å². The van der Waals surface area contributed by atoms with Gasteiger partial charge in [0.05, 0.1) is 12.2 Å². The number of pyridine rings is 1. The van der Waals surface area contributed by atoms with Crippen LogP contribution in [0.3, 0.4) is 0 Å². The third-order valence-corrected chi connectivity index (χ3v) is 5.07. The van der Waals surface area contributed by atoms with Gasteiger partial charge < -0.3 is 10.3 Å². The standard InChI is InChI=1S/C21H31N5O2/c1-4-10-25(13-17-5-6-17)14-18-7-8-19(21(28)23-18)20(27)22-9-11-26-16(3)12-15(2)24-26/h7-8,12,17H,4-6,9-11,13-14H2,1-3H3,(H,22,27)(H,23,28). The van der Waals surface area contributed by atoms with Crippen molar-refractivity contribution in [3.63, 3.8) is 0 Å². The van der Waals surface area contributed by atoms with Crippen molar-refractivity contribution >= 4 is 5.91 Å². The Balaban J connectivity index is 1.55. The molecule has 3 rings (SSSR count). The van der Waals surface area contributed by atoms with Gasteiger partial charge in [-0.1, -0.05) is 6.92 Å². The maximum absolute atomic E-state index is 12.4. The van der Waals surface area contributed by atoms with Crippen molar-refractivity contribution in [3.8, 4) is 0 Å². The highest BCUT2D eigenvalue weighted by molar-refractivity contribution is 5.93. The fourth-order valence-corrected chi connectivity index (χ4v) is 3.51. The minimum atomic E-state index is -0.349. The number of aryl methyl sites for hydroxylation is 2. The van der Waals surface area contributed by atoms with Crippen LogP contribution in [0.15, 0.2) is 23.0 Å². The van der Waals surface area contributed by atoms with Gasteiger partial charge in [-0.05, 0) is 63.8 Å². The summed E-state index contributed by atoms with van der Waals surface area (Å²) in [6.45, 7) is 9.92. The fourth-order valence-electron chi connectivity index (χ4n) is 3.51. The van der Waals surface area contributed by atoms with Crippen LogP contribution in [-0.2, 0) is 13.1 Å². The molecule has 1 aliphatic carbocycles. The van der Waals surface area contributed by atoms with Gasteiger partial charge in [0.25, 0.3) is 11.5 Å². The van der Waals surface area contributed by atoms with Crippen LogP contribution in [0.1, 0.15) is 53.6 Å². The Morgan fingerprint density at radius 2 is 2.14 bits per heavy atom. The van der Waals surface area contributed by atoms with Crippen LogP contribution in [0, 0.1) is 19.8 Å². The second kappa shape index (κ2) is 9.19. The van der Waals surface area contributed by atoms with Crippen molar-refractivity contribution in [2.24, 2.45) is 5.92 Å². The minimum absolute atomic E-state index is 0.154. The lowest BCUT2D eigenvalue weighted by Gasteiger charge is -2.21. The Hall–Kier alpha value is -2.41. The molecule has 1 amide bonds. The van der Waals surface area contributed by atoms with E-state index in [9.17, 15) is 9.59 Å². The largest absolute Gasteiger partial charge is 0.350 e. The molecule has 2 heterocycles. The summed E-state index contributed by atoms with van der Waals surface area (Å²) in [5, 5.41) is 7.18. The Morgan fingerprint density at radius 3 is 2.75 bits per heavy atom. The van der Waals surface area contributed by atoms with Crippen LogP contribution in [0.2, 0.25) is 0 Å². The van der Waals surface area contributed by atoms with Gasteiger partial charge in [0.1, 0.15) is 5.56 Å². The summed E-state index contributed by atoms with van der Waals surface area (Å²) in [5.41, 5.74) is 2.69. The predicted octanol–water partition coefficient (Wildman–Crippen LogP) is 2.24. The van der Waals surface area contributed by atoms with E-state index < -0.39 is 0 Å². The Kier molecular flexibility index (Phi) is 6.67. The van der Waals surface area contributed by atoms with Crippen molar-refractivity contribution in [3.05, 3.63) is 51.2 Å². The third kappa shape index (κ3) is 5.55. The first kappa shape index (κ1) is 20.3. The number of nitrogens with zero attached hydrogens (tertiary/aromatic N) is 3. The average Bonchev–Trinajstić information content (AvgIpc) is 3.38. The highest BCUT2D eigenvalue weighted by Crippen LogP contribution is 2.30. The number of amides is 1. The lowest BCUT2D eigenvalue weighted by molar-refractivity contribution is 0.0950. The number of aromatic amines is 1. The first-order chi connectivity index (χ1) is 13.5. The van der Waals surface area contributed by atoms with E-state index in [1.807, 2.05) is 30.7 Å². The molecule has 28 heavy (non-hydrogen) atoms. The molecule has 0 atom stereocenters. The predicted molar refractivity (Wildman–Crippen MR) is 109 cm³/mol. The molecule has 2 N–H and O–H groups in total. The normalized spacial score (nSPS) is 13.9. The Morgan fingerprint density at radius 1 is 1.36 bits per heavy atom. The molecule has 7 heteroatoms. The van der Waals surface area contributed by atoms with Gasteiger partial charge in [-0.3, -0.25) is 19.2 Å². The Bertz CT molecular complexity index is 866. The number of hydrogen-bond donors (Lipinski definition) is 2. The third-order valence-electron chi connectivity index (χ3n) is 5.07. The Labute approximate surface area is 166 Å². The van der Waals surface area contributed by atoms with Crippen molar-refractivity contribution in [1.29, 1.82) is 0 Å². The first-order valence-electron chi connectivity index (χ1n) is 10.2. The summed E-state index contributed by atoms with van der Waals surface area (Å²) >= 11 is 0. The van der Waals surface area contributed by atoms with Crippen LogP contribution < -0.4 is 10.9 Å². The molecular weight excluding hydrogens is 354 g/mol. The van der Waals surface area contributed by atoms with E-state index >= 15 is 0 Å². The van der Waals surface area contributed by atoms with Gasteiger partial charge in [-0.15, -0.1) is 0 Å². The van der Waals surface area contributed by atoms with Crippen LogP contribution >= 0.6 is 0 Å². The number of carbonyl (C=O) groups is 1. The smallest absolute Gasteiger partial charge is 0.261 e. The summed E-state index contributed by atoms with van der Waals surface area (Å²) in [7, 11) is 0. The quantitative estimate of drug-likeness (QED) is 0.657. The van der Waals surface area contributed by atoms with Gasteiger partial charge in [-0.25, -0.2) is 0 Å². The molecule has 2 aromatic heterocycles. The topological polar surface area (TPSA) is 83.0 Å². The molecule has 1 aliphatic rings. The molecule has 152 valence electrons. The van der Waals surface area contributed by atoms with E-state index in [2.05, 4.69) is 27.2 Å². The maximum Gasteiger partial charge on any atom is 0.261 e. The second-order valence-corrected chi connectivity index (χ2v) is 7.81. The number of nitrogens with one attached hydrogen (secondary N) is 2. The summed E-state index contributed by atoms with van der Waals surface area (Å²) in [4.78, 5) is 30.0. The zero-order valence-electron chi connectivity index (χ0n) is 17.1. The lowest BCUT2D eigenvalue weighted by Crippen LogP contribution is -2.33. The second-order valence-electron chi connectivity index (χ2n) is 7.81. The SMILES string of the molecule is CCCN(Cc1ccc(C(=O)NCCn2nc(C)cc2C)c(=O)[nH]1)CC1CC1. The molecule has 0 saturated heterocycles. The molecule has 0 aliphatic heterocycles. The van der Waals surface area contributed by atoms with Gasteiger partial charge in [-0.2, -0.15) is 5.10 Å². The van der Waals surface area contributed by atoms with E-state index in [4.69, 9.17) is 0 Å². The molecular formula is C21H31N5O2. The summed E-state index contributed by atoms with van der Waals surface area (Å²) in [5.74, 6) is 0.461. The van der Waals surface area contributed by atoms with Crippen molar-refractivity contribution in [2.75, 3.05) is 19.6 Å². The molecule has 0 bridgehead atoms. The molecule has 7 nitrogen and oxygen atoms in total. The molecule has 0 spiro atoms. The van der Waals surface area contributed by atoms with E-state index in [1.165, 1.54) is 12.8 Å². The zero-order valence-corrected chi connectivity index (χ0v) is 17.1. The zero-order chi connectivity index (χ0) is 20.1. The number of aromatic nitrogens is 3. The summed E-state index contributed by atoms with van der Waals surface area (Å²) in [6, 6.07) is 5.48. The molecule has 0 radical (unpaired) electrons. The highest BCUT2D eigenvalue weighted by atomic mass is 16.2. The monoisotopic (exact) mass is 385 g/mol. The average molecular weight is 386 g/mol. The van der Waals surface area contributed by atoms with E-state index in [0.29, 0.717) is 13.1 Å². The van der Waals surface area contributed by atoms with Crippen molar-refractivity contribution in [2.45, 2.75) is 53.1 Å². The number of hydrogen-bond acceptors (Lipinski definition) is 4. The molecule has 2 aromatic rings. The summed E-state index contributed by atoms with van der Waals surface area (Å²) in [6.07, 6.45) is 3.72. The first-order valence-corrected chi connectivity index (χ1v) is 10.2. The number of carbonyl (C=O) groups excluding carboxylic acids is 1. The van der Waals surface area contributed by atoms with Crippen LogP contribution in [0.5, 0.6) is 0 Å². The molecule has 1 fully saturated rings. The minimum Gasteiger partial charge on any atom is -0.350 e. The molecule has 0 unspecified atom stereocenters. The fraction of sp³-hybridized carbons (Fsp3) is 0.571. The van der Waals surface area contributed by atoms with Gasteiger partial charge in [0.2, 0.25) is 0 Å². The highest BCUT2D eigenvalue weighted by Gasteiger charge is 2.24. The van der Waals surface area contributed by atoms with Gasteiger partial charge >= 0.3 is 0 Å². The van der Waals surface area contributed by atoms with Crippen LogP contribution in [0.4, 0.5) is 0 Å². The number of rotatable bonds is 10. The van der Waals surface area contributed by atoms with E-state index in [1.54, 1.807) is 6.07 Å². The van der Waals surface area contributed by atoms with Gasteiger partial charge in [0, 0.05) is 31.0 Å². The van der Waals surface area contributed by atoms with Crippen molar-refractivity contribution < 1.29 is 4.79 Å². The van der Waals surface area contributed by atoms with Crippen LogP contribution in [0.25, 0.3) is 0 Å². The van der Waals surface area contributed by atoms with Gasteiger partial charge in [0.15, 0.2) is 0 Å². The van der Waals surface area contributed by atoms with E-state index in [0.717, 1.165) is 49.1 Å². The van der Waals surface area contributed by atoms with Crippen LogP contribution in [-0.4, -0.2) is 45.2 Å². The summed E-state index contributed by atoms with van der Waals surface area (Å²) < 4.78 is 1.85. The molecule has 0 aromatic carbocycles.